The highest BCUT2D eigenvalue weighted by molar-refractivity contribution is 7.92. The Bertz CT molecular complexity index is 1550. The van der Waals surface area contributed by atoms with E-state index in [1.54, 1.807) is 28.8 Å². The lowest BCUT2D eigenvalue weighted by molar-refractivity contribution is 0.408. The van der Waals surface area contributed by atoms with Crippen LogP contribution in [-0.4, -0.2) is 25.8 Å². The molecule has 0 bridgehead atoms. The van der Waals surface area contributed by atoms with Crippen LogP contribution in [0.5, 0.6) is 17.2 Å². The van der Waals surface area contributed by atoms with Gasteiger partial charge < -0.3 is 14.0 Å². The first-order valence-corrected chi connectivity index (χ1v) is 11.8. The Balaban J connectivity index is 1.97. The Hall–Kier alpha value is -3.92. The number of fused-ring (bicyclic) bond motifs is 1. The lowest BCUT2D eigenvalue weighted by Gasteiger charge is -2.18. The maximum Gasteiger partial charge on any atom is 0.232 e. The molecule has 0 aliphatic rings. The minimum Gasteiger partial charge on any atom is -0.491 e. The maximum absolute atomic E-state index is 14.3. The third-order valence-electron chi connectivity index (χ3n) is 5.08. The molecule has 4 aromatic rings. The van der Waals surface area contributed by atoms with Crippen molar-refractivity contribution in [1.82, 2.24) is 4.57 Å². The van der Waals surface area contributed by atoms with Gasteiger partial charge in [0.15, 0.2) is 23.1 Å². The van der Waals surface area contributed by atoms with E-state index in [1.807, 2.05) is 0 Å². The van der Waals surface area contributed by atoms with Gasteiger partial charge in [-0.05, 0) is 49.4 Å². The number of halogens is 2. The number of aromatic nitrogens is 1. The first-order valence-electron chi connectivity index (χ1n) is 10.2. The predicted octanol–water partition coefficient (Wildman–Crippen LogP) is 4.83. The summed E-state index contributed by atoms with van der Waals surface area (Å²) in [6, 6.07) is 14.0. The molecule has 0 saturated heterocycles. The lowest BCUT2D eigenvalue weighted by Crippen LogP contribution is -2.15. The van der Waals surface area contributed by atoms with Gasteiger partial charge in [0.05, 0.1) is 36.0 Å². The van der Waals surface area contributed by atoms with Crippen LogP contribution in [0.25, 0.3) is 16.6 Å². The van der Waals surface area contributed by atoms with Crippen molar-refractivity contribution < 1.29 is 26.7 Å². The summed E-state index contributed by atoms with van der Waals surface area (Å²) in [6.07, 6.45) is 1.44. The third-order valence-corrected chi connectivity index (χ3v) is 6.39. The molecular formula is C24H20F2N2O5S. The van der Waals surface area contributed by atoms with E-state index in [2.05, 4.69) is 4.72 Å². The Kier molecular flexibility index (Phi) is 6.25. The number of para-hydroxylation sites is 1. The monoisotopic (exact) mass is 486 g/mol. The molecule has 0 spiro atoms. The molecule has 0 amide bonds. The molecule has 10 heteroatoms. The van der Waals surface area contributed by atoms with Gasteiger partial charge in [0.2, 0.25) is 15.5 Å². The number of hydrogen-bond acceptors (Lipinski definition) is 5. The SMILES string of the molecule is CCS(=O)(=O)Nc1ccc(Oc2ccc(F)cc2F)c(-n2cc(OC)c(=O)c3ccccc32)c1. The van der Waals surface area contributed by atoms with Gasteiger partial charge in [0.25, 0.3) is 0 Å². The highest BCUT2D eigenvalue weighted by Gasteiger charge is 2.17. The number of sulfonamides is 1. The van der Waals surface area contributed by atoms with Crippen LogP contribution in [0.1, 0.15) is 6.92 Å². The molecule has 1 N–H and O–H groups in total. The van der Waals surface area contributed by atoms with E-state index in [0.717, 1.165) is 12.1 Å². The fourth-order valence-electron chi connectivity index (χ4n) is 3.38. The Morgan fingerprint density at radius 2 is 1.71 bits per heavy atom. The van der Waals surface area contributed by atoms with Gasteiger partial charge in [-0.25, -0.2) is 17.2 Å². The Morgan fingerprint density at radius 1 is 0.971 bits per heavy atom. The molecule has 0 unspecified atom stereocenters. The zero-order valence-electron chi connectivity index (χ0n) is 18.2. The number of pyridine rings is 1. The van der Waals surface area contributed by atoms with Crippen LogP contribution in [-0.2, 0) is 10.0 Å². The molecule has 0 radical (unpaired) electrons. The standard InChI is InChI=1S/C24H20F2N2O5S/c1-3-34(30,31)27-16-9-11-22(33-21-10-8-15(25)12-18(21)26)20(13-16)28-14-23(32-2)24(29)17-6-4-5-7-19(17)28/h4-14,27H,3H2,1-2H3. The normalized spacial score (nSPS) is 11.4. The summed E-state index contributed by atoms with van der Waals surface area (Å²) >= 11 is 0. The summed E-state index contributed by atoms with van der Waals surface area (Å²) in [4.78, 5) is 12.7. The number of anilines is 1. The van der Waals surface area contributed by atoms with E-state index >= 15 is 0 Å². The van der Waals surface area contributed by atoms with Crippen LogP contribution >= 0.6 is 0 Å². The van der Waals surface area contributed by atoms with Crippen molar-refractivity contribution in [1.29, 1.82) is 0 Å². The molecule has 7 nitrogen and oxygen atoms in total. The smallest absolute Gasteiger partial charge is 0.232 e. The van der Waals surface area contributed by atoms with Crippen LogP contribution in [0, 0.1) is 11.6 Å². The highest BCUT2D eigenvalue weighted by Crippen LogP contribution is 2.34. The number of ether oxygens (including phenoxy) is 2. The maximum atomic E-state index is 14.3. The number of nitrogens with zero attached hydrogens (tertiary/aromatic N) is 1. The van der Waals surface area contributed by atoms with Crippen LogP contribution < -0.4 is 19.6 Å². The van der Waals surface area contributed by atoms with Crippen molar-refractivity contribution in [2.75, 3.05) is 17.6 Å². The average Bonchev–Trinajstić information content (AvgIpc) is 2.82. The minimum absolute atomic E-state index is 0.0390. The Morgan fingerprint density at radius 3 is 2.41 bits per heavy atom. The van der Waals surface area contributed by atoms with E-state index in [9.17, 15) is 22.0 Å². The second-order valence-electron chi connectivity index (χ2n) is 7.28. The molecule has 0 fully saturated rings. The van der Waals surface area contributed by atoms with Gasteiger partial charge in [0.1, 0.15) is 5.82 Å². The second-order valence-corrected chi connectivity index (χ2v) is 9.29. The molecule has 34 heavy (non-hydrogen) atoms. The van der Waals surface area contributed by atoms with Gasteiger partial charge in [0, 0.05) is 11.5 Å². The minimum atomic E-state index is -3.59. The van der Waals surface area contributed by atoms with E-state index in [1.165, 1.54) is 38.4 Å². The first-order chi connectivity index (χ1) is 16.2. The number of hydrogen-bond donors (Lipinski definition) is 1. The summed E-state index contributed by atoms with van der Waals surface area (Å²) in [5.41, 5.74) is 0.664. The highest BCUT2D eigenvalue weighted by atomic mass is 32.2. The molecular weight excluding hydrogens is 466 g/mol. The lowest BCUT2D eigenvalue weighted by atomic mass is 10.1. The van der Waals surface area contributed by atoms with Crippen LogP contribution in [0.4, 0.5) is 14.5 Å². The topological polar surface area (TPSA) is 86.6 Å². The summed E-state index contributed by atoms with van der Waals surface area (Å²) in [5, 5.41) is 0.348. The quantitative estimate of drug-likeness (QED) is 0.404. The van der Waals surface area contributed by atoms with Crippen molar-refractivity contribution in [2.45, 2.75) is 6.92 Å². The first kappa shape index (κ1) is 23.2. The summed E-state index contributed by atoms with van der Waals surface area (Å²) in [5.74, 6) is -1.88. The zero-order chi connectivity index (χ0) is 24.5. The van der Waals surface area contributed by atoms with Gasteiger partial charge in [-0.2, -0.15) is 0 Å². The molecule has 4 rings (SSSR count). The molecule has 176 valence electrons. The van der Waals surface area contributed by atoms with Crippen molar-refractivity contribution in [3.8, 4) is 22.9 Å². The Labute approximate surface area is 194 Å². The van der Waals surface area contributed by atoms with Gasteiger partial charge >= 0.3 is 0 Å². The van der Waals surface area contributed by atoms with E-state index in [0.29, 0.717) is 17.0 Å². The summed E-state index contributed by atoms with van der Waals surface area (Å²) < 4.78 is 67.0. The number of benzene rings is 3. The van der Waals surface area contributed by atoms with Crippen LogP contribution in [0.3, 0.4) is 0 Å². The molecule has 0 saturated carbocycles. The number of nitrogens with one attached hydrogen (secondary N) is 1. The summed E-state index contributed by atoms with van der Waals surface area (Å²) in [7, 11) is -2.24. The molecule has 0 aliphatic carbocycles. The van der Waals surface area contributed by atoms with Crippen LogP contribution in [0.15, 0.2) is 71.7 Å². The van der Waals surface area contributed by atoms with Gasteiger partial charge in [-0.1, -0.05) is 12.1 Å². The molecule has 0 atom stereocenters. The van der Waals surface area contributed by atoms with Crippen molar-refractivity contribution in [3.05, 3.63) is 88.7 Å². The van der Waals surface area contributed by atoms with Crippen molar-refractivity contribution in [3.63, 3.8) is 0 Å². The van der Waals surface area contributed by atoms with Gasteiger partial charge in [-0.15, -0.1) is 0 Å². The fourth-order valence-corrected chi connectivity index (χ4v) is 4.01. The third kappa shape index (κ3) is 4.58. The number of rotatable bonds is 7. The van der Waals surface area contributed by atoms with Crippen molar-refractivity contribution in [2.24, 2.45) is 0 Å². The van der Waals surface area contributed by atoms with Crippen LogP contribution in [0.2, 0.25) is 0 Å². The largest absolute Gasteiger partial charge is 0.491 e. The molecule has 1 aromatic heterocycles. The van der Waals surface area contributed by atoms with E-state index in [-0.39, 0.29) is 39.8 Å². The number of methoxy groups -OCH3 is 1. The molecule has 0 aliphatic heterocycles. The van der Waals surface area contributed by atoms with E-state index in [4.69, 9.17) is 9.47 Å². The van der Waals surface area contributed by atoms with E-state index < -0.39 is 21.7 Å². The molecule has 1 heterocycles. The second kappa shape index (κ2) is 9.14. The molecule has 3 aromatic carbocycles. The fraction of sp³-hybridized carbons (Fsp3) is 0.125. The summed E-state index contributed by atoms with van der Waals surface area (Å²) in [6.45, 7) is 1.50. The predicted molar refractivity (Wildman–Crippen MR) is 126 cm³/mol. The van der Waals surface area contributed by atoms with Crippen molar-refractivity contribution >= 4 is 26.6 Å². The average molecular weight is 486 g/mol. The zero-order valence-corrected chi connectivity index (χ0v) is 19.0. The van der Waals surface area contributed by atoms with Gasteiger partial charge in [-0.3, -0.25) is 9.52 Å².